The van der Waals surface area contributed by atoms with Gasteiger partial charge in [-0.2, -0.15) is 0 Å². The molecule has 3 saturated carbocycles. The first-order chi connectivity index (χ1) is 16.0. The molecule has 0 bridgehead atoms. The summed E-state index contributed by atoms with van der Waals surface area (Å²) in [6.07, 6.45) is 8.93. The Bertz CT molecular complexity index is 928. The average Bonchev–Trinajstić information content (AvgIpc) is 3.03. The van der Waals surface area contributed by atoms with E-state index < -0.39 is 5.97 Å². The van der Waals surface area contributed by atoms with Crippen LogP contribution in [0.2, 0.25) is 0 Å². The third kappa shape index (κ3) is 4.29. The van der Waals surface area contributed by atoms with Gasteiger partial charge in [-0.25, -0.2) is 4.79 Å². The summed E-state index contributed by atoms with van der Waals surface area (Å²) in [5, 5.41) is 15.7. The lowest BCUT2D eigenvalue weighted by Crippen LogP contribution is -2.51. The SMILES string of the molecule is CC(=O)O/N=C(\C)[C@H]1[C@H](C[N+](=O)[O-])C[C@@H]2[C@H]3CC=C4C[C@@H](OC(C)=O)CC[C@]4(C)[C@@H]3CC[C@@]21C. The third-order valence-corrected chi connectivity index (χ3v) is 9.72. The van der Waals surface area contributed by atoms with Crippen LogP contribution in [0.3, 0.4) is 0 Å². The number of hydrogen-bond donors (Lipinski definition) is 0. The second-order valence-corrected chi connectivity index (χ2v) is 11.6. The van der Waals surface area contributed by atoms with Gasteiger partial charge in [0, 0.05) is 37.0 Å². The Morgan fingerprint density at radius 3 is 2.53 bits per heavy atom. The van der Waals surface area contributed by atoms with E-state index in [9.17, 15) is 19.7 Å². The summed E-state index contributed by atoms with van der Waals surface area (Å²) in [5.41, 5.74) is 2.12. The molecule has 0 aromatic carbocycles. The van der Waals surface area contributed by atoms with Crippen LogP contribution in [0.1, 0.15) is 79.6 Å². The lowest BCUT2D eigenvalue weighted by Gasteiger charge is -2.58. The zero-order valence-electron chi connectivity index (χ0n) is 21.0. The van der Waals surface area contributed by atoms with Gasteiger partial charge in [0.1, 0.15) is 6.10 Å². The van der Waals surface area contributed by atoms with Gasteiger partial charge in [0.15, 0.2) is 0 Å². The van der Waals surface area contributed by atoms with Crippen molar-refractivity contribution in [1.82, 2.24) is 0 Å². The molecule has 188 valence electrons. The predicted octanol–water partition coefficient (Wildman–Crippen LogP) is 4.94. The van der Waals surface area contributed by atoms with E-state index in [-0.39, 0.29) is 46.2 Å². The highest BCUT2D eigenvalue weighted by Crippen LogP contribution is 2.67. The summed E-state index contributed by atoms with van der Waals surface area (Å²) in [5.74, 6) is 0.501. The van der Waals surface area contributed by atoms with Crippen LogP contribution in [0, 0.1) is 50.5 Å². The van der Waals surface area contributed by atoms with E-state index in [0.29, 0.717) is 23.5 Å². The molecule has 4 rings (SSSR count). The standard InChI is InChI=1S/C26H38N2O6/c1-15(27-34-17(3)30)24-18(14-28(31)32)12-23-21-7-6-19-13-20(33-16(2)29)8-10-25(19,4)22(21)9-11-26(23,24)5/h6,18,20-24H,7-14H2,1-5H3/b27-15+/t18-,20-,21-,22+,23+,24-,25-,26-/m0/s1. The lowest BCUT2D eigenvalue weighted by atomic mass is 9.47. The van der Waals surface area contributed by atoms with Gasteiger partial charge >= 0.3 is 11.9 Å². The van der Waals surface area contributed by atoms with Crippen molar-refractivity contribution in [1.29, 1.82) is 0 Å². The van der Waals surface area contributed by atoms with Gasteiger partial charge in [0.25, 0.3) is 0 Å². The molecule has 0 amide bonds. The van der Waals surface area contributed by atoms with Crippen molar-refractivity contribution in [2.24, 2.45) is 45.6 Å². The van der Waals surface area contributed by atoms with E-state index in [1.165, 1.54) is 19.4 Å². The van der Waals surface area contributed by atoms with Gasteiger partial charge in [-0.05, 0) is 74.0 Å². The second kappa shape index (κ2) is 9.08. The summed E-state index contributed by atoms with van der Waals surface area (Å²) >= 11 is 0. The first kappa shape index (κ1) is 24.9. The molecule has 0 heterocycles. The summed E-state index contributed by atoms with van der Waals surface area (Å²) in [6.45, 7) is 9.24. The predicted molar refractivity (Wildman–Crippen MR) is 126 cm³/mol. The highest BCUT2D eigenvalue weighted by molar-refractivity contribution is 5.86. The van der Waals surface area contributed by atoms with Gasteiger partial charge in [0.05, 0.1) is 5.71 Å². The molecule has 0 aromatic rings. The summed E-state index contributed by atoms with van der Waals surface area (Å²) in [7, 11) is 0. The van der Waals surface area contributed by atoms with Crippen molar-refractivity contribution in [3.05, 3.63) is 21.8 Å². The number of nitro groups is 1. The minimum Gasteiger partial charge on any atom is -0.462 e. The van der Waals surface area contributed by atoms with Gasteiger partial charge in [-0.3, -0.25) is 14.9 Å². The topological polar surface area (TPSA) is 108 Å². The Balaban J connectivity index is 1.63. The maximum atomic E-state index is 11.6. The first-order valence-corrected chi connectivity index (χ1v) is 12.7. The molecule has 4 aliphatic carbocycles. The van der Waals surface area contributed by atoms with Crippen LogP contribution in [-0.2, 0) is 19.2 Å². The number of carbonyl (C=O) groups is 2. The maximum Gasteiger partial charge on any atom is 0.331 e. The van der Waals surface area contributed by atoms with Crippen LogP contribution in [0.4, 0.5) is 0 Å². The van der Waals surface area contributed by atoms with E-state index in [4.69, 9.17) is 9.57 Å². The van der Waals surface area contributed by atoms with E-state index in [1.807, 2.05) is 6.92 Å². The van der Waals surface area contributed by atoms with E-state index >= 15 is 0 Å². The number of carbonyl (C=O) groups excluding carboxylic acids is 2. The second-order valence-electron chi connectivity index (χ2n) is 11.6. The smallest absolute Gasteiger partial charge is 0.331 e. The fraction of sp³-hybridized carbons (Fsp3) is 0.808. The van der Waals surface area contributed by atoms with Crippen molar-refractivity contribution in [2.75, 3.05) is 6.54 Å². The molecule has 0 aromatic heterocycles. The van der Waals surface area contributed by atoms with Gasteiger partial charge in [0.2, 0.25) is 6.54 Å². The third-order valence-electron chi connectivity index (χ3n) is 9.72. The lowest BCUT2D eigenvalue weighted by molar-refractivity contribution is -0.489. The quantitative estimate of drug-likeness (QED) is 0.139. The average molecular weight is 475 g/mol. The van der Waals surface area contributed by atoms with Crippen molar-refractivity contribution in [3.8, 4) is 0 Å². The Hall–Kier alpha value is -2.25. The number of ether oxygens (including phenoxy) is 1. The normalized spacial score (nSPS) is 41.4. The highest BCUT2D eigenvalue weighted by atomic mass is 16.7. The number of rotatable bonds is 5. The molecule has 34 heavy (non-hydrogen) atoms. The molecular weight excluding hydrogens is 436 g/mol. The van der Waals surface area contributed by atoms with Gasteiger partial charge < -0.3 is 9.57 Å². The Morgan fingerprint density at radius 1 is 1.15 bits per heavy atom. The minimum absolute atomic E-state index is 0.0253. The Labute approximate surface area is 201 Å². The zero-order chi connectivity index (χ0) is 24.8. The maximum absolute atomic E-state index is 11.6. The largest absolute Gasteiger partial charge is 0.462 e. The van der Waals surface area contributed by atoms with E-state index in [1.54, 1.807) is 0 Å². The molecule has 4 aliphatic rings. The fourth-order valence-corrected chi connectivity index (χ4v) is 8.52. The van der Waals surface area contributed by atoms with Crippen LogP contribution >= 0.6 is 0 Å². The Kier molecular flexibility index (Phi) is 6.64. The fourth-order valence-electron chi connectivity index (χ4n) is 8.52. The number of nitrogens with zero attached hydrogens (tertiary/aromatic N) is 2. The molecule has 3 fully saturated rings. The molecule has 0 spiro atoms. The van der Waals surface area contributed by atoms with Gasteiger partial charge in [-0.15, -0.1) is 0 Å². The summed E-state index contributed by atoms with van der Waals surface area (Å²) in [6, 6.07) is 0. The molecule has 0 radical (unpaired) electrons. The molecule has 8 heteroatoms. The number of oxime groups is 1. The van der Waals surface area contributed by atoms with Crippen LogP contribution in [0.25, 0.3) is 0 Å². The van der Waals surface area contributed by atoms with Crippen molar-refractivity contribution >= 4 is 17.7 Å². The first-order valence-electron chi connectivity index (χ1n) is 12.7. The Morgan fingerprint density at radius 2 is 1.88 bits per heavy atom. The van der Waals surface area contributed by atoms with Crippen LogP contribution in [-0.4, -0.2) is 35.2 Å². The summed E-state index contributed by atoms with van der Waals surface area (Å²) in [4.78, 5) is 39.2. The number of hydrogen-bond acceptors (Lipinski definition) is 7. The monoisotopic (exact) mass is 474 g/mol. The number of fused-ring (bicyclic) bond motifs is 5. The van der Waals surface area contributed by atoms with Crippen molar-refractivity contribution < 1.29 is 24.1 Å². The molecule has 8 atom stereocenters. The van der Waals surface area contributed by atoms with Crippen molar-refractivity contribution in [2.45, 2.75) is 85.7 Å². The van der Waals surface area contributed by atoms with Crippen molar-refractivity contribution in [3.63, 3.8) is 0 Å². The number of allylic oxidation sites excluding steroid dienone is 1. The van der Waals surface area contributed by atoms with Crippen LogP contribution in [0.5, 0.6) is 0 Å². The zero-order valence-corrected chi connectivity index (χ0v) is 21.0. The van der Waals surface area contributed by atoms with E-state index in [0.717, 1.165) is 44.9 Å². The number of esters is 1. The molecule has 0 unspecified atom stereocenters. The minimum atomic E-state index is -0.476. The highest BCUT2D eigenvalue weighted by Gasteiger charge is 2.62. The van der Waals surface area contributed by atoms with Crippen LogP contribution in [0.15, 0.2) is 16.8 Å². The van der Waals surface area contributed by atoms with E-state index in [2.05, 4.69) is 25.1 Å². The molecule has 0 aliphatic heterocycles. The molecule has 8 nitrogen and oxygen atoms in total. The van der Waals surface area contributed by atoms with Gasteiger partial charge in [-0.1, -0.05) is 30.7 Å². The molecule has 0 saturated heterocycles. The molecule has 0 N–H and O–H groups in total. The summed E-state index contributed by atoms with van der Waals surface area (Å²) < 4.78 is 5.55. The molecular formula is C26H38N2O6. The van der Waals surface area contributed by atoms with Crippen LogP contribution < -0.4 is 0 Å².